The number of carbonyl (C=O) groups is 1. The largest absolute Gasteiger partial charge is 0.353 e. The van der Waals surface area contributed by atoms with Crippen LogP contribution in [0, 0.1) is 17.6 Å². The molecule has 0 spiro atoms. The molecule has 2 aliphatic carbocycles. The zero-order valence-corrected chi connectivity index (χ0v) is 13.1. The monoisotopic (exact) mass is 320 g/mol. The maximum atomic E-state index is 13.8. The Bertz CT molecular complexity index is 589. The fourth-order valence-electron chi connectivity index (χ4n) is 3.83. The first-order valence-electron chi connectivity index (χ1n) is 8.62. The molecule has 1 saturated heterocycles. The molecule has 1 N–H and O–H groups in total. The van der Waals surface area contributed by atoms with Crippen molar-refractivity contribution in [3.05, 3.63) is 35.4 Å². The van der Waals surface area contributed by atoms with E-state index in [-0.39, 0.29) is 29.3 Å². The molecule has 23 heavy (non-hydrogen) atoms. The number of piperidine rings is 1. The molecule has 1 heterocycles. The summed E-state index contributed by atoms with van der Waals surface area (Å²) >= 11 is 0. The quantitative estimate of drug-likeness (QED) is 0.925. The van der Waals surface area contributed by atoms with Gasteiger partial charge in [0, 0.05) is 42.6 Å². The minimum absolute atomic E-state index is 0.0393. The topological polar surface area (TPSA) is 32.3 Å². The molecule has 1 amide bonds. The first-order chi connectivity index (χ1) is 11.1. The highest BCUT2D eigenvalue weighted by atomic mass is 19.1. The molecule has 1 aliphatic heterocycles. The first-order valence-corrected chi connectivity index (χ1v) is 8.62. The van der Waals surface area contributed by atoms with Crippen LogP contribution in [0.15, 0.2) is 18.2 Å². The van der Waals surface area contributed by atoms with Crippen molar-refractivity contribution in [2.24, 2.45) is 5.92 Å². The second-order valence-corrected chi connectivity index (χ2v) is 7.13. The highest BCUT2D eigenvalue weighted by Crippen LogP contribution is 2.49. The lowest BCUT2D eigenvalue weighted by molar-refractivity contribution is -0.123. The standard InChI is InChI=1S/C18H22F2N2O/c19-15-2-1-3-16(20)17(15)13-10-14(13)18(23)21-11-6-8-22(9-7-11)12-4-5-12/h1-3,11-14H,4-10H2,(H,21,23). The van der Waals surface area contributed by atoms with Crippen molar-refractivity contribution in [1.29, 1.82) is 0 Å². The van der Waals surface area contributed by atoms with Gasteiger partial charge in [-0.3, -0.25) is 4.79 Å². The van der Waals surface area contributed by atoms with Crippen molar-refractivity contribution in [3.8, 4) is 0 Å². The number of amides is 1. The summed E-state index contributed by atoms with van der Waals surface area (Å²) in [6, 6.07) is 4.88. The smallest absolute Gasteiger partial charge is 0.223 e. The molecular weight excluding hydrogens is 298 g/mol. The number of hydrogen-bond donors (Lipinski definition) is 1. The van der Waals surface area contributed by atoms with Crippen LogP contribution >= 0.6 is 0 Å². The minimum atomic E-state index is -0.539. The van der Waals surface area contributed by atoms with Crippen molar-refractivity contribution in [1.82, 2.24) is 10.2 Å². The van der Waals surface area contributed by atoms with E-state index in [0.29, 0.717) is 6.42 Å². The number of benzene rings is 1. The van der Waals surface area contributed by atoms with Crippen LogP contribution in [0.3, 0.4) is 0 Å². The van der Waals surface area contributed by atoms with Gasteiger partial charge in [0.15, 0.2) is 0 Å². The van der Waals surface area contributed by atoms with E-state index in [1.165, 1.54) is 31.0 Å². The lowest BCUT2D eigenvalue weighted by Gasteiger charge is -2.32. The van der Waals surface area contributed by atoms with Gasteiger partial charge in [0.1, 0.15) is 11.6 Å². The van der Waals surface area contributed by atoms with E-state index in [1.54, 1.807) is 0 Å². The third-order valence-corrected chi connectivity index (χ3v) is 5.44. The van der Waals surface area contributed by atoms with Crippen LogP contribution in [0.2, 0.25) is 0 Å². The van der Waals surface area contributed by atoms with Gasteiger partial charge in [0.25, 0.3) is 0 Å². The van der Waals surface area contributed by atoms with E-state index in [0.717, 1.165) is 32.0 Å². The summed E-state index contributed by atoms with van der Waals surface area (Å²) in [5, 5.41) is 3.09. The van der Waals surface area contributed by atoms with Gasteiger partial charge in [0.05, 0.1) is 0 Å². The molecule has 3 fully saturated rings. The van der Waals surface area contributed by atoms with E-state index in [1.807, 2.05) is 0 Å². The van der Waals surface area contributed by atoms with Gasteiger partial charge >= 0.3 is 0 Å². The molecule has 5 heteroatoms. The predicted octanol–water partition coefficient (Wildman–Crippen LogP) is 2.81. The second-order valence-electron chi connectivity index (χ2n) is 7.13. The maximum absolute atomic E-state index is 13.8. The first kappa shape index (κ1) is 15.1. The SMILES string of the molecule is O=C(NC1CCN(C2CC2)CC1)C1CC1c1c(F)cccc1F. The average Bonchev–Trinajstić information content (AvgIpc) is 3.42. The van der Waals surface area contributed by atoms with E-state index in [2.05, 4.69) is 10.2 Å². The zero-order valence-electron chi connectivity index (χ0n) is 13.1. The Morgan fingerprint density at radius 2 is 1.74 bits per heavy atom. The number of rotatable bonds is 4. The van der Waals surface area contributed by atoms with Gasteiger partial charge in [0.2, 0.25) is 5.91 Å². The van der Waals surface area contributed by atoms with E-state index < -0.39 is 11.6 Å². The van der Waals surface area contributed by atoms with Gasteiger partial charge < -0.3 is 10.2 Å². The normalized spacial score (nSPS) is 28.6. The number of hydrogen-bond acceptors (Lipinski definition) is 2. The molecule has 2 atom stereocenters. The van der Waals surface area contributed by atoms with Gasteiger partial charge in [-0.1, -0.05) is 6.07 Å². The van der Waals surface area contributed by atoms with Gasteiger partial charge in [-0.15, -0.1) is 0 Å². The van der Waals surface area contributed by atoms with Crippen LogP contribution in [0.1, 0.15) is 43.6 Å². The molecular formula is C18H22F2N2O. The fraction of sp³-hybridized carbons (Fsp3) is 0.611. The highest BCUT2D eigenvalue weighted by molar-refractivity contribution is 5.83. The molecule has 2 saturated carbocycles. The van der Waals surface area contributed by atoms with Crippen LogP contribution in [0.25, 0.3) is 0 Å². The Morgan fingerprint density at radius 3 is 2.35 bits per heavy atom. The number of halogens is 2. The molecule has 3 aliphatic rings. The van der Waals surface area contributed by atoms with Crippen LogP contribution in [-0.2, 0) is 4.79 Å². The number of likely N-dealkylation sites (tertiary alicyclic amines) is 1. The Labute approximate surface area is 135 Å². The van der Waals surface area contributed by atoms with Crippen molar-refractivity contribution in [2.45, 2.75) is 50.1 Å². The zero-order chi connectivity index (χ0) is 16.0. The summed E-state index contributed by atoms with van der Waals surface area (Å²) in [5.74, 6) is -1.70. The second kappa shape index (κ2) is 5.86. The Balaban J connectivity index is 1.31. The van der Waals surface area contributed by atoms with Crippen molar-refractivity contribution in [2.75, 3.05) is 13.1 Å². The summed E-state index contributed by atoms with van der Waals surface area (Å²) in [6.45, 7) is 2.09. The molecule has 0 radical (unpaired) electrons. The summed E-state index contributed by atoms with van der Waals surface area (Å²) in [6.07, 6.45) is 5.13. The number of nitrogens with zero attached hydrogens (tertiary/aromatic N) is 1. The van der Waals surface area contributed by atoms with Crippen LogP contribution in [0.5, 0.6) is 0 Å². The average molecular weight is 320 g/mol. The fourth-order valence-corrected chi connectivity index (χ4v) is 3.83. The lowest BCUT2D eigenvalue weighted by atomic mass is 10.0. The maximum Gasteiger partial charge on any atom is 0.223 e. The Hall–Kier alpha value is -1.49. The molecule has 4 rings (SSSR count). The molecule has 2 unspecified atom stereocenters. The molecule has 1 aromatic rings. The van der Waals surface area contributed by atoms with E-state index >= 15 is 0 Å². The molecule has 1 aromatic carbocycles. The molecule has 3 nitrogen and oxygen atoms in total. The van der Waals surface area contributed by atoms with E-state index in [9.17, 15) is 13.6 Å². The molecule has 124 valence electrons. The van der Waals surface area contributed by atoms with Crippen LogP contribution in [0.4, 0.5) is 8.78 Å². The molecule has 0 bridgehead atoms. The summed E-state index contributed by atoms with van der Waals surface area (Å²) in [4.78, 5) is 14.8. The van der Waals surface area contributed by atoms with Crippen molar-refractivity contribution in [3.63, 3.8) is 0 Å². The summed E-state index contributed by atoms with van der Waals surface area (Å²) in [7, 11) is 0. The lowest BCUT2D eigenvalue weighted by Crippen LogP contribution is -2.45. The highest BCUT2D eigenvalue weighted by Gasteiger charge is 2.47. The van der Waals surface area contributed by atoms with E-state index in [4.69, 9.17) is 0 Å². The minimum Gasteiger partial charge on any atom is -0.353 e. The van der Waals surface area contributed by atoms with Gasteiger partial charge in [-0.05, 0) is 44.2 Å². The predicted molar refractivity (Wildman–Crippen MR) is 83.0 cm³/mol. The Morgan fingerprint density at radius 1 is 1.09 bits per heavy atom. The summed E-state index contributed by atoms with van der Waals surface area (Å²) < 4.78 is 27.6. The van der Waals surface area contributed by atoms with Crippen molar-refractivity contribution >= 4 is 5.91 Å². The number of carbonyl (C=O) groups excluding carboxylic acids is 1. The molecule has 0 aromatic heterocycles. The number of nitrogens with one attached hydrogen (secondary N) is 1. The third-order valence-electron chi connectivity index (χ3n) is 5.44. The summed E-state index contributed by atoms with van der Waals surface area (Å²) in [5.41, 5.74) is 0.0798. The third kappa shape index (κ3) is 3.11. The van der Waals surface area contributed by atoms with Crippen LogP contribution in [-0.4, -0.2) is 36.0 Å². The van der Waals surface area contributed by atoms with Gasteiger partial charge in [-0.25, -0.2) is 8.78 Å². The van der Waals surface area contributed by atoms with Crippen molar-refractivity contribution < 1.29 is 13.6 Å². The Kier molecular flexibility index (Phi) is 3.84. The van der Waals surface area contributed by atoms with Gasteiger partial charge in [-0.2, -0.15) is 0 Å². The van der Waals surface area contributed by atoms with Crippen LogP contribution < -0.4 is 5.32 Å².